The highest BCUT2D eigenvalue weighted by Crippen LogP contribution is 2.50. The van der Waals surface area contributed by atoms with Crippen molar-refractivity contribution in [3.8, 4) is 30.1 Å². The Bertz CT molecular complexity index is 2890. The fourth-order valence-corrected chi connectivity index (χ4v) is 10.4. The number of allylic oxidation sites excluding steroid dienone is 3. The van der Waals surface area contributed by atoms with Crippen LogP contribution in [0.4, 0.5) is 11.4 Å². The Morgan fingerprint density at radius 1 is 1.01 bits per heavy atom. The average Bonchev–Trinajstić information content (AvgIpc) is 3.86. The standard InChI is InChI=1S/C54H72N8O10.C2H2/c1-28(2)25-61-21-19-54(20-22-61)59-43-40-41-47(65)34(8)50-42(40)51(67)53(9,72-50)70-23-18-38(69-10)32(6)49(71-39(63)27-62(57)26-37(56)35-14-16-36(55)17-15-35)33(7)46(64)31(5)24-29(3)12-11-13-30(4)52(68)58-45(48(41)66)44(43)60-54;1-2/h11-18,23,26,28-29,31-33,38,46,49,64-66H,19-22,24-25,27,55-57H2,1-10H3,(H,58,68);1-2H/b12-11+,23-18+,30-13-,37-26-;/t29?,31-,32-,33-,38+,46?,49?,53?;/m1./s1. The first-order chi connectivity index (χ1) is 35.0. The van der Waals surface area contributed by atoms with E-state index in [1.165, 1.54) is 26.5 Å². The van der Waals surface area contributed by atoms with Gasteiger partial charge in [0.05, 0.1) is 40.5 Å². The van der Waals surface area contributed by atoms with Gasteiger partial charge in [-0.15, -0.1) is 12.8 Å². The Labute approximate surface area is 433 Å². The number of hydrogen-bond acceptors (Lipinski definition) is 17. The SMILES string of the molecule is C#C.CO[C@H]1/C=C/OC2(C)Oc3c(C)c(O)c4c(O)c(c5c(c4c3C2=O)=NC2(CCN(CC(C)C)CC2)N=5)NC(=O)/C(C)=C\C=C\C(C)C[C@@H](C)C(O)[C@@H](C)C(OC(=O)CN(N)/C=C(\N)c2ccc(N)cc2)[C@@H]1C. The Balaban J connectivity index is 0.00000440. The molecule has 0 radical (unpaired) electrons. The van der Waals surface area contributed by atoms with Crippen LogP contribution in [0.1, 0.15) is 96.1 Å². The van der Waals surface area contributed by atoms with E-state index in [1.54, 1.807) is 63.3 Å². The number of rotatable bonds is 8. The molecular formula is C56H74N8O10. The zero-order valence-electron chi connectivity index (χ0n) is 44.2. The summed E-state index contributed by atoms with van der Waals surface area (Å²) in [5.74, 6) is 0.416. The van der Waals surface area contributed by atoms with Gasteiger partial charge in [-0.1, -0.05) is 71.9 Å². The Morgan fingerprint density at radius 2 is 1.66 bits per heavy atom. The maximum atomic E-state index is 14.9. The fourth-order valence-electron chi connectivity index (χ4n) is 10.4. The molecule has 398 valence electrons. The number of carbonyl (C=O) groups is 3. The second-order valence-electron chi connectivity index (χ2n) is 20.7. The maximum Gasteiger partial charge on any atom is 0.327 e. The van der Waals surface area contributed by atoms with E-state index in [0.29, 0.717) is 60.8 Å². The number of Topliss-reactive ketones (excluding diaryl/α,β-unsaturated/α-hetero) is 1. The average molecular weight is 1020 g/mol. The highest BCUT2D eigenvalue weighted by molar-refractivity contribution is 6.19. The van der Waals surface area contributed by atoms with Crippen molar-refractivity contribution in [3.63, 3.8) is 0 Å². The number of carbonyl (C=O) groups excluding carboxylic acids is 3. The number of phenols is 2. The molecule has 5 aliphatic heterocycles. The molecule has 8 rings (SSSR count). The highest BCUT2D eigenvalue weighted by atomic mass is 16.7. The molecule has 74 heavy (non-hydrogen) atoms. The highest BCUT2D eigenvalue weighted by Gasteiger charge is 2.50. The van der Waals surface area contributed by atoms with Gasteiger partial charge < -0.3 is 61.0 Å². The van der Waals surface area contributed by atoms with E-state index in [-0.39, 0.29) is 68.2 Å². The minimum atomic E-state index is -1.99. The lowest BCUT2D eigenvalue weighted by molar-refractivity contribution is -0.162. The molecule has 10 N–H and O–H groups in total. The van der Waals surface area contributed by atoms with E-state index < -0.39 is 65.0 Å². The first-order valence-corrected chi connectivity index (χ1v) is 25.1. The van der Waals surface area contributed by atoms with E-state index in [4.69, 9.17) is 46.2 Å². The van der Waals surface area contributed by atoms with Crippen LogP contribution in [0.2, 0.25) is 0 Å². The van der Waals surface area contributed by atoms with Crippen LogP contribution in [-0.4, -0.2) is 106 Å². The molecule has 5 bridgehead atoms. The number of aliphatic hydroxyl groups excluding tert-OH is 1. The topological polar surface area (TPSA) is 270 Å². The third kappa shape index (κ3) is 11.7. The van der Waals surface area contributed by atoms with Gasteiger partial charge in [-0.2, -0.15) is 0 Å². The molecule has 3 aromatic rings. The number of methoxy groups -OCH3 is 1. The molecule has 18 nitrogen and oxygen atoms in total. The summed E-state index contributed by atoms with van der Waals surface area (Å²) in [4.78, 5) is 55.5. The van der Waals surface area contributed by atoms with Crippen LogP contribution in [0.25, 0.3) is 16.5 Å². The van der Waals surface area contributed by atoms with Gasteiger partial charge in [0, 0.05) is 86.8 Å². The lowest BCUT2D eigenvalue weighted by atomic mass is 9.79. The summed E-state index contributed by atoms with van der Waals surface area (Å²) in [5.41, 5.74) is 13.1. The van der Waals surface area contributed by atoms with Gasteiger partial charge in [-0.25, -0.2) is 5.84 Å². The largest absolute Gasteiger partial charge is 0.507 e. The molecule has 5 heterocycles. The maximum absolute atomic E-state index is 14.9. The van der Waals surface area contributed by atoms with E-state index in [9.17, 15) is 29.7 Å². The van der Waals surface area contributed by atoms with Crippen molar-refractivity contribution in [1.29, 1.82) is 0 Å². The summed E-state index contributed by atoms with van der Waals surface area (Å²) < 4.78 is 24.7. The number of nitrogens with two attached hydrogens (primary N) is 3. The fraction of sp³-hybridized carbons (Fsp3) is 0.482. The van der Waals surface area contributed by atoms with E-state index in [2.05, 4.69) is 36.9 Å². The molecule has 8 atom stereocenters. The molecule has 0 aliphatic carbocycles. The predicted molar refractivity (Wildman–Crippen MR) is 284 cm³/mol. The van der Waals surface area contributed by atoms with Crippen LogP contribution in [0.3, 0.4) is 0 Å². The van der Waals surface area contributed by atoms with Crippen molar-refractivity contribution in [2.75, 3.05) is 44.3 Å². The summed E-state index contributed by atoms with van der Waals surface area (Å²) in [6.45, 7) is 18.4. The molecule has 1 fully saturated rings. The number of ether oxygens (including phenoxy) is 4. The summed E-state index contributed by atoms with van der Waals surface area (Å²) in [7, 11) is 1.48. The van der Waals surface area contributed by atoms with Crippen LogP contribution in [0.5, 0.6) is 17.2 Å². The number of phenolic OH excluding ortho intramolecular Hbond substituents is 2. The number of benzene rings is 3. The van der Waals surface area contributed by atoms with Crippen LogP contribution in [-0.2, 0) is 23.8 Å². The van der Waals surface area contributed by atoms with Gasteiger partial charge in [-0.05, 0) is 61.8 Å². The number of terminal acetylenes is 1. The van der Waals surface area contributed by atoms with Crippen LogP contribution in [0, 0.1) is 49.4 Å². The number of aliphatic hydroxyl groups is 1. The van der Waals surface area contributed by atoms with Crippen molar-refractivity contribution in [1.82, 2.24) is 9.91 Å². The van der Waals surface area contributed by atoms with Gasteiger partial charge in [0.1, 0.15) is 35.2 Å². The Morgan fingerprint density at radius 3 is 2.30 bits per heavy atom. The van der Waals surface area contributed by atoms with E-state index in [0.717, 1.165) is 11.6 Å². The number of esters is 1. The Hall–Kier alpha value is -6.91. The number of nitrogens with one attached hydrogen (secondary N) is 1. The number of nitrogen functional groups attached to an aromatic ring is 1. The number of fused-ring (bicyclic) bond motifs is 13. The van der Waals surface area contributed by atoms with E-state index in [1.807, 2.05) is 26.8 Å². The van der Waals surface area contributed by atoms with Crippen molar-refractivity contribution in [2.45, 2.75) is 111 Å². The van der Waals surface area contributed by atoms with Gasteiger partial charge in [-0.3, -0.25) is 24.4 Å². The molecular weight excluding hydrogens is 945 g/mol. The monoisotopic (exact) mass is 1020 g/mol. The van der Waals surface area contributed by atoms with Gasteiger partial charge in [0.15, 0.2) is 11.4 Å². The smallest absolute Gasteiger partial charge is 0.327 e. The molecule has 1 amide bonds. The summed E-state index contributed by atoms with van der Waals surface area (Å²) in [6.07, 6.45) is 16.5. The molecule has 18 heteroatoms. The second-order valence-corrected chi connectivity index (χ2v) is 20.7. The normalized spacial score (nSPS) is 27.9. The first-order valence-electron chi connectivity index (χ1n) is 25.1. The lowest BCUT2D eigenvalue weighted by Gasteiger charge is -2.37. The van der Waals surface area contributed by atoms with Gasteiger partial charge in [0.25, 0.3) is 11.7 Å². The lowest BCUT2D eigenvalue weighted by Crippen LogP contribution is -2.46. The van der Waals surface area contributed by atoms with Gasteiger partial charge in [0.2, 0.25) is 0 Å². The molecule has 1 spiro atoms. The predicted octanol–water partition coefficient (Wildman–Crippen LogP) is 5.72. The number of likely N-dealkylation sites (tertiary alicyclic amines) is 1. The zero-order chi connectivity index (χ0) is 54.6. The van der Waals surface area contributed by atoms with Crippen LogP contribution >= 0.6 is 0 Å². The summed E-state index contributed by atoms with van der Waals surface area (Å²) in [6, 6.07) is 6.86. The number of nitrogens with zero attached hydrogens (tertiary/aromatic N) is 4. The molecule has 1 saturated heterocycles. The molecule has 3 aromatic carbocycles. The minimum absolute atomic E-state index is 0.0262. The number of ketones is 1. The number of hydrogen-bond donors (Lipinski definition) is 7. The van der Waals surface area contributed by atoms with Gasteiger partial charge >= 0.3 is 11.8 Å². The van der Waals surface area contributed by atoms with Crippen molar-refractivity contribution < 1.29 is 48.7 Å². The minimum Gasteiger partial charge on any atom is -0.507 e. The second kappa shape index (κ2) is 23.1. The third-order valence-electron chi connectivity index (χ3n) is 14.5. The number of hydrazine groups is 1. The van der Waals surface area contributed by atoms with Crippen molar-refractivity contribution >= 4 is 45.5 Å². The quantitative estimate of drug-likeness (QED) is 0.0355. The number of anilines is 2. The van der Waals surface area contributed by atoms with Crippen molar-refractivity contribution in [2.24, 2.45) is 51.2 Å². The zero-order valence-corrected chi connectivity index (χ0v) is 44.2. The molecule has 5 aliphatic rings. The molecule has 0 aromatic heterocycles. The third-order valence-corrected chi connectivity index (χ3v) is 14.5. The molecule has 4 unspecified atom stereocenters. The van der Waals surface area contributed by atoms with E-state index >= 15 is 0 Å². The number of aromatic hydroxyl groups is 2. The van der Waals surface area contributed by atoms with Crippen LogP contribution in [0.15, 0.2) is 76.6 Å². The number of amides is 1. The first kappa shape index (κ1) is 56.4. The molecule has 0 saturated carbocycles. The number of piperidine rings is 1. The Kier molecular flexibility index (Phi) is 17.6. The summed E-state index contributed by atoms with van der Waals surface area (Å²) >= 11 is 0. The van der Waals surface area contributed by atoms with Crippen LogP contribution < -0.4 is 38.1 Å². The van der Waals surface area contributed by atoms with Crippen molar-refractivity contribution in [3.05, 3.63) is 94.0 Å². The summed E-state index contributed by atoms with van der Waals surface area (Å²) in [5, 5.41) is 40.6.